The maximum absolute atomic E-state index is 13.6. The van der Waals surface area contributed by atoms with Crippen LogP contribution in [0, 0.1) is 17.7 Å². The third-order valence-corrected chi connectivity index (χ3v) is 4.77. The van der Waals surface area contributed by atoms with E-state index in [1.165, 1.54) is 25.1 Å². The van der Waals surface area contributed by atoms with Crippen molar-refractivity contribution in [3.63, 3.8) is 0 Å². The number of hydrogen-bond donors (Lipinski definition) is 1. The number of nitrogens with zero attached hydrogens (tertiary/aromatic N) is 1. The van der Waals surface area contributed by atoms with Gasteiger partial charge < -0.3 is 5.32 Å². The molecule has 0 radical (unpaired) electrons. The average Bonchev–Trinajstić information content (AvgIpc) is 2.81. The molecule has 1 heterocycles. The van der Waals surface area contributed by atoms with Crippen molar-refractivity contribution >= 4 is 23.4 Å². The van der Waals surface area contributed by atoms with E-state index in [9.17, 15) is 18.8 Å². The maximum atomic E-state index is 13.6. The first-order valence-electron chi connectivity index (χ1n) is 7.93. The van der Waals surface area contributed by atoms with Crippen LogP contribution in [0.3, 0.4) is 0 Å². The van der Waals surface area contributed by atoms with Gasteiger partial charge in [0.25, 0.3) is 0 Å². The highest BCUT2D eigenvalue weighted by Crippen LogP contribution is 2.38. The molecule has 3 amide bonds. The molecule has 1 aromatic rings. The molecular weight excluding hydrogens is 299 g/mol. The van der Waals surface area contributed by atoms with Crippen molar-refractivity contribution in [1.82, 2.24) is 4.90 Å². The Bertz CT molecular complexity index is 637. The number of amides is 3. The molecule has 23 heavy (non-hydrogen) atoms. The van der Waals surface area contributed by atoms with Crippen LogP contribution in [0.1, 0.15) is 32.6 Å². The van der Waals surface area contributed by atoms with E-state index >= 15 is 0 Å². The summed E-state index contributed by atoms with van der Waals surface area (Å²) in [6.45, 7) is 1.50. The van der Waals surface area contributed by atoms with E-state index in [2.05, 4.69) is 5.32 Å². The summed E-state index contributed by atoms with van der Waals surface area (Å²) in [4.78, 5) is 38.3. The molecule has 2 unspecified atom stereocenters. The number of anilines is 1. The fraction of sp³-hybridized carbons (Fsp3) is 0.471. The van der Waals surface area contributed by atoms with E-state index in [4.69, 9.17) is 0 Å². The number of carbonyl (C=O) groups is 3. The van der Waals surface area contributed by atoms with Crippen LogP contribution in [-0.4, -0.2) is 28.7 Å². The topological polar surface area (TPSA) is 66.5 Å². The Balaban J connectivity index is 1.76. The normalized spacial score (nSPS) is 25.2. The molecule has 3 rings (SSSR count). The summed E-state index contributed by atoms with van der Waals surface area (Å²) in [6.07, 6.45) is 3.27. The molecule has 3 atom stereocenters. The molecular formula is C17H19FN2O3. The lowest BCUT2D eigenvalue weighted by Crippen LogP contribution is -2.46. The van der Waals surface area contributed by atoms with Crippen LogP contribution in [0.25, 0.3) is 0 Å². The number of para-hydroxylation sites is 1. The van der Waals surface area contributed by atoms with Crippen LogP contribution in [-0.2, 0) is 14.4 Å². The lowest BCUT2D eigenvalue weighted by Gasteiger charge is -2.22. The Hall–Kier alpha value is -2.24. The third kappa shape index (κ3) is 2.73. The zero-order valence-electron chi connectivity index (χ0n) is 12.9. The van der Waals surface area contributed by atoms with Gasteiger partial charge in [0, 0.05) is 0 Å². The lowest BCUT2D eigenvalue weighted by molar-refractivity contribution is -0.146. The van der Waals surface area contributed by atoms with Gasteiger partial charge in [-0.2, -0.15) is 0 Å². The van der Waals surface area contributed by atoms with Crippen molar-refractivity contribution in [1.29, 1.82) is 0 Å². The van der Waals surface area contributed by atoms with E-state index in [0.29, 0.717) is 12.8 Å². The number of rotatable bonds is 3. The van der Waals surface area contributed by atoms with Crippen LogP contribution >= 0.6 is 0 Å². The molecule has 0 bridgehead atoms. The summed E-state index contributed by atoms with van der Waals surface area (Å²) in [5.41, 5.74) is 0.0425. The minimum atomic E-state index is -0.944. The molecule has 0 aromatic heterocycles. The monoisotopic (exact) mass is 318 g/mol. The smallest absolute Gasteiger partial charge is 0.247 e. The molecule has 122 valence electrons. The largest absolute Gasteiger partial charge is 0.322 e. The minimum absolute atomic E-state index is 0.0425. The number of fused-ring (bicyclic) bond motifs is 1. The Morgan fingerprint density at radius 2 is 1.74 bits per heavy atom. The molecule has 1 aromatic carbocycles. The number of imide groups is 1. The highest BCUT2D eigenvalue weighted by Gasteiger charge is 2.50. The van der Waals surface area contributed by atoms with Gasteiger partial charge in [-0.15, -0.1) is 0 Å². The number of halogens is 1. The van der Waals surface area contributed by atoms with E-state index < -0.39 is 17.8 Å². The van der Waals surface area contributed by atoms with Crippen molar-refractivity contribution in [2.45, 2.75) is 38.6 Å². The summed E-state index contributed by atoms with van der Waals surface area (Å²) in [5, 5.41) is 2.45. The second kappa shape index (κ2) is 6.10. The average molecular weight is 318 g/mol. The number of hydrogen-bond acceptors (Lipinski definition) is 3. The molecule has 1 saturated carbocycles. The summed E-state index contributed by atoms with van der Waals surface area (Å²) < 4.78 is 13.6. The van der Waals surface area contributed by atoms with Crippen LogP contribution in [0.4, 0.5) is 10.1 Å². The van der Waals surface area contributed by atoms with Gasteiger partial charge in [-0.25, -0.2) is 4.39 Å². The standard InChI is InChI=1S/C17H19FN2O3/c1-10(15(21)19-14-9-5-4-8-13(14)18)20-16(22)11-6-2-3-7-12(11)17(20)23/h4-5,8-12H,2-3,6-7H2,1H3,(H,19,21)/t10-,11?,12?/m0/s1. The van der Waals surface area contributed by atoms with Gasteiger partial charge in [-0.3, -0.25) is 19.3 Å². The minimum Gasteiger partial charge on any atom is -0.322 e. The van der Waals surface area contributed by atoms with E-state index in [1.807, 2.05) is 0 Å². The van der Waals surface area contributed by atoms with Gasteiger partial charge in [0.2, 0.25) is 17.7 Å². The molecule has 6 heteroatoms. The van der Waals surface area contributed by atoms with Crippen molar-refractivity contribution in [2.24, 2.45) is 11.8 Å². The van der Waals surface area contributed by atoms with Gasteiger partial charge in [-0.05, 0) is 31.9 Å². The van der Waals surface area contributed by atoms with Crippen LogP contribution in [0.5, 0.6) is 0 Å². The fourth-order valence-corrected chi connectivity index (χ4v) is 3.49. The molecule has 2 fully saturated rings. The predicted octanol–water partition coefficient (Wildman–Crippen LogP) is 2.33. The second-order valence-corrected chi connectivity index (χ2v) is 6.19. The SMILES string of the molecule is C[C@@H](C(=O)Nc1ccccc1F)N1C(=O)C2CCCCC2C1=O. The number of nitrogens with one attached hydrogen (secondary N) is 1. The summed E-state index contributed by atoms with van der Waals surface area (Å²) in [6, 6.07) is 4.85. The number of carbonyl (C=O) groups excluding carboxylic acids is 3. The first-order valence-corrected chi connectivity index (χ1v) is 7.93. The van der Waals surface area contributed by atoms with Crippen LogP contribution in [0.15, 0.2) is 24.3 Å². The van der Waals surface area contributed by atoms with Crippen molar-refractivity contribution < 1.29 is 18.8 Å². The van der Waals surface area contributed by atoms with Gasteiger partial charge in [-0.1, -0.05) is 25.0 Å². The van der Waals surface area contributed by atoms with Gasteiger partial charge in [0.1, 0.15) is 11.9 Å². The quantitative estimate of drug-likeness (QED) is 0.870. The zero-order chi connectivity index (χ0) is 16.6. The zero-order valence-corrected chi connectivity index (χ0v) is 12.9. The van der Waals surface area contributed by atoms with Crippen LogP contribution in [0.2, 0.25) is 0 Å². The lowest BCUT2D eigenvalue weighted by atomic mass is 9.81. The third-order valence-electron chi connectivity index (χ3n) is 4.77. The maximum Gasteiger partial charge on any atom is 0.247 e. The molecule has 1 aliphatic heterocycles. The second-order valence-electron chi connectivity index (χ2n) is 6.19. The Labute approximate surface area is 133 Å². The van der Waals surface area contributed by atoms with Gasteiger partial charge in [0.15, 0.2) is 0 Å². The Morgan fingerprint density at radius 3 is 2.30 bits per heavy atom. The summed E-state index contributed by atoms with van der Waals surface area (Å²) in [7, 11) is 0. The Morgan fingerprint density at radius 1 is 1.17 bits per heavy atom. The highest BCUT2D eigenvalue weighted by molar-refractivity contribution is 6.09. The molecule has 1 N–H and O–H groups in total. The van der Waals surface area contributed by atoms with Gasteiger partial charge >= 0.3 is 0 Å². The van der Waals surface area contributed by atoms with Crippen LogP contribution < -0.4 is 5.32 Å². The summed E-state index contributed by atoms with van der Waals surface area (Å²) in [5.74, 6) is -2.23. The summed E-state index contributed by atoms with van der Waals surface area (Å²) >= 11 is 0. The molecule has 5 nitrogen and oxygen atoms in total. The molecule has 1 saturated heterocycles. The fourth-order valence-electron chi connectivity index (χ4n) is 3.49. The first kappa shape index (κ1) is 15.6. The number of likely N-dealkylation sites (tertiary alicyclic amines) is 1. The molecule has 2 aliphatic rings. The first-order chi connectivity index (χ1) is 11.0. The Kier molecular flexibility index (Phi) is 4.15. The van der Waals surface area contributed by atoms with Crippen molar-refractivity contribution in [2.75, 3.05) is 5.32 Å². The van der Waals surface area contributed by atoms with E-state index in [-0.39, 0.29) is 29.3 Å². The predicted molar refractivity (Wildman–Crippen MR) is 81.8 cm³/mol. The van der Waals surface area contributed by atoms with Crippen molar-refractivity contribution in [3.05, 3.63) is 30.1 Å². The van der Waals surface area contributed by atoms with E-state index in [0.717, 1.165) is 17.7 Å². The molecule has 0 spiro atoms. The highest BCUT2D eigenvalue weighted by atomic mass is 19.1. The van der Waals surface area contributed by atoms with E-state index in [1.54, 1.807) is 6.07 Å². The van der Waals surface area contributed by atoms with Gasteiger partial charge in [0.05, 0.1) is 17.5 Å². The van der Waals surface area contributed by atoms with Crippen molar-refractivity contribution in [3.8, 4) is 0 Å². The molecule has 1 aliphatic carbocycles. The number of benzene rings is 1.